The molecule has 1 aromatic heterocycles. The van der Waals surface area contributed by atoms with E-state index in [4.69, 9.17) is 14.4 Å². The molecule has 0 unspecified atom stereocenters. The Labute approximate surface area is 91.1 Å². The van der Waals surface area contributed by atoms with Gasteiger partial charge in [-0.15, -0.1) is 0 Å². The number of benzene rings is 1. The zero-order chi connectivity index (χ0) is 11.9. The van der Waals surface area contributed by atoms with Crippen molar-refractivity contribution in [1.82, 2.24) is 0 Å². The maximum atomic E-state index is 9.55. The standard InChI is InChI=1S/C11H9NO4/c1-5-7(4-12)6-3-8(13)9(14)11(15-2)10(6)16-5/h3,13-14H,1-2H3. The normalized spacial score (nSPS) is 10.3. The van der Waals surface area contributed by atoms with Crippen LogP contribution in [0.5, 0.6) is 17.2 Å². The van der Waals surface area contributed by atoms with Crippen molar-refractivity contribution in [2.45, 2.75) is 6.92 Å². The van der Waals surface area contributed by atoms with E-state index in [1.807, 2.05) is 6.07 Å². The van der Waals surface area contributed by atoms with Gasteiger partial charge in [0.15, 0.2) is 11.3 Å². The van der Waals surface area contributed by atoms with Gasteiger partial charge in [-0.3, -0.25) is 0 Å². The molecule has 0 saturated carbocycles. The van der Waals surface area contributed by atoms with Crippen LogP contribution >= 0.6 is 0 Å². The second kappa shape index (κ2) is 3.35. The van der Waals surface area contributed by atoms with E-state index in [2.05, 4.69) is 0 Å². The number of phenolic OH excluding ortho intramolecular Hbond substituents is 2. The summed E-state index contributed by atoms with van der Waals surface area (Å²) in [5.41, 5.74) is 0.579. The molecule has 0 aliphatic rings. The first-order chi connectivity index (χ1) is 7.60. The van der Waals surface area contributed by atoms with Crippen LogP contribution in [0.25, 0.3) is 11.0 Å². The molecule has 0 atom stereocenters. The summed E-state index contributed by atoms with van der Waals surface area (Å²) in [4.78, 5) is 0. The largest absolute Gasteiger partial charge is 0.504 e. The summed E-state index contributed by atoms with van der Waals surface area (Å²) in [6.45, 7) is 1.63. The lowest BCUT2D eigenvalue weighted by Crippen LogP contribution is -1.85. The minimum Gasteiger partial charge on any atom is -0.504 e. The van der Waals surface area contributed by atoms with Crippen LogP contribution in [0.2, 0.25) is 0 Å². The highest BCUT2D eigenvalue weighted by Crippen LogP contribution is 2.44. The first-order valence-electron chi connectivity index (χ1n) is 4.52. The number of ether oxygens (including phenoxy) is 1. The van der Waals surface area contributed by atoms with Crippen LogP contribution < -0.4 is 4.74 Å². The first kappa shape index (κ1) is 10.2. The number of nitrogens with zero attached hydrogens (tertiary/aromatic N) is 1. The fourth-order valence-electron chi connectivity index (χ4n) is 1.63. The van der Waals surface area contributed by atoms with E-state index in [0.717, 1.165) is 0 Å². The van der Waals surface area contributed by atoms with Gasteiger partial charge in [-0.25, -0.2) is 0 Å². The summed E-state index contributed by atoms with van der Waals surface area (Å²) in [6, 6.07) is 3.25. The van der Waals surface area contributed by atoms with E-state index in [9.17, 15) is 10.2 Å². The van der Waals surface area contributed by atoms with Crippen LogP contribution in [0.4, 0.5) is 0 Å². The van der Waals surface area contributed by atoms with Crippen molar-refractivity contribution in [3.05, 3.63) is 17.4 Å². The number of methoxy groups -OCH3 is 1. The molecular formula is C11H9NO4. The molecule has 2 aromatic rings. The summed E-state index contributed by atoms with van der Waals surface area (Å²) in [6.07, 6.45) is 0. The third-order valence-corrected chi connectivity index (χ3v) is 2.38. The number of rotatable bonds is 1. The summed E-state index contributed by atoms with van der Waals surface area (Å²) < 4.78 is 10.3. The van der Waals surface area contributed by atoms with Gasteiger partial charge in [0.05, 0.1) is 7.11 Å². The van der Waals surface area contributed by atoms with Crippen molar-refractivity contribution < 1.29 is 19.4 Å². The van der Waals surface area contributed by atoms with Gasteiger partial charge in [0.25, 0.3) is 0 Å². The number of aryl methyl sites for hydroxylation is 1. The Kier molecular flexibility index (Phi) is 2.13. The molecular weight excluding hydrogens is 210 g/mol. The van der Waals surface area contributed by atoms with Crippen molar-refractivity contribution in [2.24, 2.45) is 0 Å². The number of fused-ring (bicyclic) bond motifs is 1. The zero-order valence-electron chi connectivity index (χ0n) is 8.74. The fourth-order valence-corrected chi connectivity index (χ4v) is 1.63. The Balaban J connectivity index is 2.97. The lowest BCUT2D eigenvalue weighted by molar-refractivity contribution is 0.349. The molecule has 16 heavy (non-hydrogen) atoms. The Morgan fingerprint density at radius 3 is 2.69 bits per heavy atom. The van der Waals surface area contributed by atoms with Crippen molar-refractivity contribution >= 4 is 11.0 Å². The van der Waals surface area contributed by atoms with Crippen molar-refractivity contribution in [3.8, 4) is 23.3 Å². The highest BCUT2D eigenvalue weighted by Gasteiger charge is 2.20. The number of nitriles is 1. The molecule has 0 amide bonds. The second-order valence-corrected chi connectivity index (χ2v) is 3.30. The first-order valence-corrected chi connectivity index (χ1v) is 4.52. The predicted molar refractivity (Wildman–Crippen MR) is 55.5 cm³/mol. The summed E-state index contributed by atoms with van der Waals surface area (Å²) in [5.74, 6) is -0.296. The third kappa shape index (κ3) is 1.17. The van der Waals surface area contributed by atoms with E-state index < -0.39 is 5.75 Å². The lowest BCUT2D eigenvalue weighted by atomic mass is 10.1. The van der Waals surface area contributed by atoms with Gasteiger partial charge in [-0.05, 0) is 13.0 Å². The number of hydrogen-bond acceptors (Lipinski definition) is 5. The smallest absolute Gasteiger partial charge is 0.208 e. The van der Waals surface area contributed by atoms with E-state index in [0.29, 0.717) is 16.7 Å². The maximum absolute atomic E-state index is 9.55. The molecule has 5 heteroatoms. The predicted octanol–water partition coefficient (Wildman–Crippen LogP) is 2.03. The summed E-state index contributed by atoms with van der Waals surface area (Å²) in [5, 5.41) is 28.4. The molecule has 0 radical (unpaired) electrons. The number of phenols is 2. The minimum absolute atomic E-state index is 0.0274. The number of furan rings is 1. The van der Waals surface area contributed by atoms with Crippen LogP contribution in [-0.2, 0) is 0 Å². The molecule has 2 N–H and O–H groups in total. The SMILES string of the molecule is COc1c(O)c(O)cc2c(C#N)c(C)oc12. The lowest BCUT2D eigenvalue weighted by Gasteiger charge is -2.04. The highest BCUT2D eigenvalue weighted by molar-refractivity contribution is 5.93. The van der Waals surface area contributed by atoms with Crippen molar-refractivity contribution in [2.75, 3.05) is 7.11 Å². The van der Waals surface area contributed by atoms with Gasteiger partial charge in [0.1, 0.15) is 17.4 Å². The van der Waals surface area contributed by atoms with Gasteiger partial charge in [0, 0.05) is 5.39 Å². The monoisotopic (exact) mass is 219 g/mol. The van der Waals surface area contributed by atoms with E-state index in [1.54, 1.807) is 6.92 Å². The van der Waals surface area contributed by atoms with Gasteiger partial charge < -0.3 is 19.4 Å². The van der Waals surface area contributed by atoms with Gasteiger partial charge >= 0.3 is 0 Å². The Hall–Kier alpha value is -2.35. The van der Waals surface area contributed by atoms with E-state index >= 15 is 0 Å². The molecule has 1 heterocycles. The molecule has 1 aromatic carbocycles. The summed E-state index contributed by atoms with van der Waals surface area (Å²) >= 11 is 0. The molecule has 0 aliphatic carbocycles. The highest BCUT2D eigenvalue weighted by atomic mass is 16.5. The van der Waals surface area contributed by atoms with E-state index in [-0.39, 0.29) is 17.1 Å². The Bertz CT molecular complexity index is 607. The average Bonchev–Trinajstić information content (AvgIpc) is 2.55. The zero-order valence-corrected chi connectivity index (χ0v) is 8.74. The molecule has 0 spiro atoms. The van der Waals surface area contributed by atoms with E-state index in [1.165, 1.54) is 13.2 Å². The van der Waals surface area contributed by atoms with Gasteiger partial charge in [-0.1, -0.05) is 0 Å². The van der Waals surface area contributed by atoms with Crippen LogP contribution in [0.1, 0.15) is 11.3 Å². The van der Waals surface area contributed by atoms with Crippen LogP contribution in [0.3, 0.4) is 0 Å². The topological polar surface area (TPSA) is 86.6 Å². The quantitative estimate of drug-likeness (QED) is 0.716. The molecule has 0 fully saturated rings. The van der Waals surface area contributed by atoms with Crippen LogP contribution in [0, 0.1) is 18.3 Å². The minimum atomic E-state index is -0.395. The molecule has 5 nitrogen and oxygen atoms in total. The average molecular weight is 219 g/mol. The molecule has 0 aliphatic heterocycles. The molecule has 82 valence electrons. The summed E-state index contributed by atoms with van der Waals surface area (Å²) in [7, 11) is 1.35. The fraction of sp³-hybridized carbons (Fsp3) is 0.182. The second-order valence-electron chi connectivity index (χ2n) is 3.30. The van der Waals surface area contributed by atoms with Crippen LogP contribution in [0.15, 0.2) is 10.5 Å². The van der Waals surface area contributed by atoms with Crippen molar-refractivity contribution in [3.63, 3.8) is 0 Å². The third-order valence-electron chi connectivity index (χ3n) is 2.38. The Morgan fingerprint density at radius 2 is 2.12 bits per heavy atom. The number of aromatic hydroxyl groups is 2. The van der Waals surface area contributed by atoms with Gasteiger partial charge in [0.2, 0.25) is 11.5 Å². The maximum Gasteiger partial charge on any atom is 0.208 e. The molecule has 2 rings (SSSR count). The Morgan fingerprint density at radius 1 is 1.44 bits per heavy atom. The van der Waals surface area contributed by atoms with Gasteiger partial charge in [-0.2, -0.15) is 5.26 Å². The van der Waals surface area contributed by atoms with Crippen molar-refractivity contribution in [1.29, 1.82) is 5.26 Å². The molecule has 0 bridgehead atoms. The molecule has 0 saturated heterocycles. The number of hydrogen-bond donors (Lipinski definition) is 2. The van der Waals surface area contributed by atoms with Crippen LogP contribution in [-0.4, -0.2) is 17.3 Å².